The molecule has 0 spiro atoms. The molecule has 1 saturated heterocycles. The van der Waals surface area contributed by atoms with Crippen LogP contribution in [0, 0.1) is 5.92 Å². The van der Waals surface area contributed by atoms with Gasteiger partial charge in [0.2, 0.25) is 0 Å². The molecule has 0 amide bonds. The van der Waals surface area contributed by atoms with Crippen LogP contribution in [0.5, 0.6) is 0 Å². The van der Waals surface area contributed by atoms with Crippen LogP contribution in [0.3, 0.4) is 0 Å². The van der Waals surface area contributed by atoms with Gasteiger partial charge in [-0.25, -0.2) is 0 Å². The fraction of sp³-hybridized carbons (Fsp3) is 0.769. The van der Waals surface area contributed by atoms with E-state index in [-0.39, 0.29) is 18.0 Å². The van der Waals surface area contributed by atoms with E-state index in [9.17, 15) is 4.79 Å². The summed E-state index contributed by atoms with van der Waals surface area (Å²) < 4.78 is 10.9. The van der Waals surface area contributed by atoms with Crippen LogP contribution in [0.4, 0.5) is 0 Å². The summed E-state index contributed by atoms with van der Waals surface area (Å²) in [6, 6.07) is 0. The van der Waals surface area contributed by atoms with E-state index < -0.39 is 0 Å². The van der Waals surface area contributed by atoms with Crippen LogP contribution in [0.25, 0.3) is 0 Å². The van der Waals surface area contributed by atoms with Gasteiger partial charge in [0.05, 0.1) is 18.1 Å². The average Bonchev–Trinajstić information content (AvgIpc) is 3.02. The van der Waals surface area contributed by atoms with Gasteiger partial charge in [0.25, 0.3) is 0 Å². The normalized spacial score (nSPS) is 34.4. The molecule has 1 aliphatic carbocycles. The molecule has 4 unspecified atom stereocenters. The molecular formula is C13H20O3. The number of ether oxygens (including phenoxy) is 2. The molecule has 2 rings (SSSR count). The Morgan fingerprint density at radius 2 is 2.38 bits per heavy atom. The Kier molecular flexibility index (Phi) is 3.64. The topological polar surface area (TPSA) is 38.8 Å². The lowest BCUT2D eigenvalue weighted by Gasteiger charge is -2.17. The van der Waals surface area contributed by atoms with Gasteiger partial charge in [-0.1, -0.05) is 19.6 Å². The highest BCUT2D eigenvalue weighted by Gasteiger charge is 2.43. The largest absolute Gasteiger partial charge is 0.458 e. The van der Waals surface area contributed by atoms with Crippen LogP contribution in [0.2, 0.25) is 0 Å². The molecular weight excluding hydrogens is 204 g/mol. The van der Waals surface area contributed by atoms with Gasteiger partial charge in [-0.05, 0) is 32.1 Å². The molecule has 0 aromatic rings. The maximum Gasteiger partial charge on any atom is 0.309 e. The molecule has 0 aromatic carbocycles. The van der Waals surface area contributed by atoms with Crippen molar-refractivity contribution in [3.05, 3.63) is 12.7 Å². The third-order valence-electron chi connectivity index (χ3n) is 3.51. The first-order valence-corrected chi connectivity index (χ1v) is 6.23. The minimum Gasteiger partial charge on any atom is -0.458 e. The highest BCUT2D eigenvalue weighted by atomic mass is 16.6. The van der Waals surface area contributed by atoms with E-state index in [1.54, 1.807) is 6.08 Å². The molecule has 0 bridgehead atoms. The van der Waals surface area contributed by atoms with Crippen molar-refractivity contribution in [2.24, 2.45) is 5.92 Å². The number of hydrogen-bond acceptors (Lipinski definition) is 3. The maximum atomic E-state index is 11.9. The lowest BCUT2D eigenvalue weighted by atomic mass is 10.0. The lowest BCUT2D eigenvalue weighted by molar-refractivity contribution is -0.152. The molecule has 3 nitrogen and oxygen atoms in total. The molecule has 3 heteroatoms. The average molecular weight is 224 g/mol. The summed E-state index contributed by atoms with van der Waals surface area (Å²) in [5.74, 6) is -0.0330. The number of esters is 1. The first-order valence-electron chi connectivity index (χ1n) is 6.23. The van der Waals surface area contributed by atoms with E-state index in [0.717, 1.165) is 32.1 Å². The molecule has 0 aromatic heterocycles. The van der Waals surface area contributed by atoms with Crippen molar-refractivity contribution >= 4 is 5.97 Å². The number of rotatable bonds is 4. The quantitative estimate of drug-likeness (QED) is 0.418. The summed E-state index contributed by atoms with van der Waals surface area (Å²) in [6.45, 7) is 5.66. The van der Waals surface area contributed by atoms with Gasteiger partial charge < -0.3 is 9.47 Å². The van der Waals surface area contributed by atoms with E-state index in [2.05, 4.69) is 6.58 Å². The van der Waals surface area contributed by atoms with Crippen molar-refractivity contribution in [3.63, 3.8) is 0 Å². The number of hydrogen-bond donors (Lipinski definition) is 0. The van der Waals surface area contributed by atoms with E-state index in [1.807, 2.05) is 6.92 Å². The van der Waals surface area contributed by atoms with Gasteiger partial charge in [0.15, 0.2) is 0 Å². The number of carbonyl (C=O) groups excluding carboxylic acids is 1. The summed E-state index contributed by atoms with van der Waals surface area (Å²) in [6.07, 6.45) is 7.09. The Balaban J connectivity index is 1.85. The first-order chi connectivity index (χ1) is 7.74. The molecule has 1 heterocycles. The molecule has 16 heavy (non-hydrogen) atoms. The van der Waals surface area contributed by atoms with Crippen LogP contribution < -0.4 is 0 Å². The molecule has 4 atom stereocenters. The fourth-order valence-electron chi connectivity index (χ4n) is 2.36. The maximum absolute atomic E-state index is 11.9. The fourth-order valence-corrected chi connectivity index (χ4v) is 2.36. The van der Waals surface area contributed by atoms with Crippen molar-refractivity contribution in [2.45, 2.75) is 57.3 Å². The van der Waals surface area contributed by atoms with Crippen molar-refractivity contribution in [3.8, 4) is 0 Å². The van der Waals surface area contributed by atoms with Gasteiger partial charge in [0.1, 0.15) is 6.10 Å². The van der Waals surface area contributed by atoms with Crippen molar-refractivity contribution in [1.29, 1.82) is 0 Å². The molecule has 2 fully saturated rings. The third kappa shape index (κ3) is 2.64. The zero-order chi connectivity index (χ0) is 11.5. The SMILES string of the molecule is C=CC(CC)OC(=O)C1CCCC2OC2C1. The Morgan fingerprint density at radius 1 is 1.56 bits per heavy atom. The molecule has 0 radical (unpaired) electrons. The standard InChI is InChI=1S/C13H20O3/c1-3-10(4-2)15-13(14)9-6-5-7-11-12(8-9)16-11/h3,9-12H,1,4-8H2,2H3. The Hall–Kier alpha value is -0.830. The number of fused-ring (bicyclic) bond motifs is 1. The summed E-state index contributed by atoms with van der Waals surface area (Å²) >= 11 is 0. The van der Waals surface area contributed by atoms with Crippen LogP contribution in [0.15, 0.2) is 12.7 Å². The monoisotopic (exact) mass is 224 g/mol. The molecule has 1 aliphatic heterocycles. The Bertz CT molecular complexity index is 274. The van der Waals surface area contributed by atoms with Gasteiger partial charge in [-0.3, -0.25) is 4.79 Å². The Morgan fingerprint density at radius 3 is 3.06 bits per heavy atom. The van der Waals surface area contributed by atoms with Gasteiger partial charge >= 0.3 is 5.97 Å². The van der Waals surface area contributed by atoms with Crippen LogP contribution in [0.1, 0.15) is 39.0 Å². The van der Waals surface area contributed by atoms with Gasteiger partial charge in [0, 0.05) is 0 Å². The Labute approximate surface area is 96.8 Å². The highest BCUT2D eigenvalue weighted by molar-refractivity contribution is 5.73. The smallest absolute Gasteiger partial charge is 0.309 e. The first kappa shape index (κ1) is 11.6. The minimum absolute atomic E-state index is 0.0338. The second-order valence-electron chi connectivity index (χ2n) is 4.70. The summed E-state index contributed by atoms with van der Waals surface area (Å²) in [5, 5.41) is 0. The summed E-state index contributed by atoms with van der Waals surface area (Å²) in [4.78, 5) is 11.9. The van der Waals surface area contributed by atoms with E-state index in [0.29, 0.717) is 12.2 Å². The zero-order valence-electron chi connectivity index (χ0n) is 9.85. The minimum atomic E-state index is -0.133. The van der Waals surface area contributed by atoms with Crippen LogP contribution in [-0.2, 0) is 14.3 Å². The van der Waals surface area contributed by atoms with Crippen molar-refractivity contribution < 1.29 is 14.3 Å². The molecule has 90 valence electrons. The molecule has 0 N–H and O–H groups in total. The van der Waals surface area contributed by atoms with Gasteiger partial charge in [-0.2, -0.15) is 0 Å². The van der Waals surface area contributed by atoms with Crippen molar-refractivity contribution in [2.75, 3.05) is 0 Å². The second-order valence-corrected chi connectivity index (χ2v) is 4.70. The second kappa shape index (κ2) is 5.00. The van der Waals surface area contributed by atoms with E-state index in [4.69, 9.17) is 9.47 Å². The van der Waals surface area contributed by atoms with Crippen molar-refractivity contribution in [1.82, 2.24) is 0 Å². The summed E-state index contributed by atoms with van der Waals surface area (Å²) in [7, 11) is 0. The number of carbonyl (C=O) groups is 1. The number of epoxide rings is 1. The molecule has 1 saturated carbocycles. The highest BCUT2D eigenvalue weighted by Crippen LogP contribution is 2.38. The third-order valence-corrected chi connectivity index (χ3v) is 3.51. The molecule has 2 aliphatic rings. The summed E-state index contributed by atoms with van der Waals surface area (Å²) in [5.41, 5.74) is 0. The van der Waals surface area contributed by atoms with Crippen LogP contribution in [-0.4, -0.2) is 24.3 Å². The zero-order valence-corrected chi connectivity index (χ0v) is 9.85. The van der Waals surface area contributed by atoms with Gasteiger partial charge in [-0.15, -0.1) is 0 Å². The van der Waals surface area contributed by atoms with E-state index >= 15 is 0 Å². The lowest BCUT2D eigenvalue weighted by Crippen LogP contribution is -2.23. The predicted octanol–water partition coefficient (Wildman–Crippen LogP) is 2.45. The van der Waals surface area contributed by atoms with Crippen LogP contribution >= 0.6 is 0 Å². The predicted molar refractivity (Wildman–Crippen MR) is 61.0 cm³/mol. The van der Waals surface area contributed by atoms with E-state index in [1.165, 1.54) is 0 Å².